The second-order valence-corrected chi connectivity index (χ2v) is 23.0. The number of hydrogen-bond donors (Lipinski definition) is 0. The van der Waals surface area contributed by atoms with E-state index < -0.39 is 0 Å². The summed E-state index contributed by atoms with van der Waals surface area (Å²) in [7, 11) is 0. The largest absolute Gasteiger partial charge is 0.309 e. The van der Waals surface area contributed by atoms with Gasteiger partial charge in [-0.05, 0) is 142 Å². The molecule has 0 aliphatic heterocycles. The van der Waals surface area contributed by atoms with E-state index in [2.05, 4.69) is 263 Å². The first-order chi connectivity index (χ1) is 32.4. The zero-order valence-corrected chi connectivity index (χ0v) is 42.2. The van der Waals surface area contributed by atoms with E-state index in [-0.39, 0.29) is 21.7 Å². The molecule has 0 fully saturated rings. The van der Waals surface area contributed by atoms with E-state index in [0.29, 0.717) is 0 Å². The Hall–Kier alpha value is -6.70. The summed E-state index contributed by atoms with van der Waals surface area (Å²) in [6, 6.07) is 67.0. The van der Waals surface area contributed by atoms with Crippen LogP contribution in [0.4, 0.5) is 17.1 Å². The monoisotopic (exact) mass is 886 g/mol. The van der Waals surface area contributed by atoms with Crippen molar-refractivity contribution in [2.45, 2.75) is 111 Å². The van der Waals surface area contributed by atoms with Gasteiger partial charge in [-0.25, -0.2) is 0 Å². The van der Waals surface area contributed by atoms with Gasteiger partial charge in [-0.15, -0.1) is 0 Å². The summed E-state index contributed by atoms with van der Waals surface area (Å²) in [4.78, 5) is 2.53. The third-order valence-electron chi connectivity index (χ3n) is 14.9. The molecule has 0 spiro atoms. The maximum absolute atomic E-state index is 2.53. The van der Waals surface area contributed by atoms with E-state index in [1.54, 1.807) is 0 Å². The highest BCUT2D eigenvalue weighted by Crippen LogP contribution is 2.50. The highest BCUT2D eigenvalue weighted by molar-refractivity contribution is 5.93. The molecular formula is C67H67N. The number of rotatable bonds is 7. The van der Waals surface area contributed by atoms with Gasteiger partial charge in [0.25, 0.3) is 0 Å². The third-order valence-corrected chi connectivity index (χ3v) is 14.9. The molecule has 8 aromatic rings. The molecule has 0 saturated carbocycles. The molecule has 68 heavy (non-hydrogen) atoms. The predicted molar refractivity (Wildman–Crippen MR) is 293 cm³/mol. The summed E-state index contributed by atoms with van der Waals surface area (Å²) in [6.45, 7) is 25.6. The average Bonchev–Trinajstić information content (AvgIpc) is 3.56. The summed E-state index contributed by atoms with van der Waals surface area (Å²) in [5.74, 6) is 0. The Morgan fingerprint density at radius 2 is 0.926 bits per heavy atom. The Bertz CT molecular complexity index is 3310. The summed E-state index contributed by atoms with van der Waals surface area (Å²) >= 11 is 0. The first-order valence-corrected chi connectivity index (χ1v) is 24.8. The van der Waals surface area contributed by atoms with Crippen LogP contribution in [0.3, 0.4) is 0 Å². The van der Waals surface area contributed by atoms with Gasteiger partial charge in [0.15, 0.2) is 0 Å². The van der Waals surface area contributed by atoms with Gasteiger partial charge in [-0.1, -0.05) is 228 Å². The highest BCUT2D eigenvalue weighted by atomic mass is 15.1. The van der Waals surface area contributed by atoms with Crippen LogP contribution in [0.2, 0.25) is 0 Å². The van der Waals surface area contributed by atoms with Gasteiger partial charge in [0.1, 0.15) is 0 Å². The lowest BCUT2D eigenvalue weighted by Crippen LogP contribution is -2.32. The van der Waals surface area contributed by atoms with E-state index in [9.17, 15) is 0 Å². The molecular weight excluding hydrogens is 819 g/mol. The van der Waals surface area contributed by atoms with Gasteiger partial charge < -0.3 is 4.90 Å². The number of nitrogens with zero attached hydrogens (tertiary/aromatic N) is 1. The maximum Gasteiger partial charge on any atom is 0.0540 e. The lowest BCUT2D eigenvalue weighted by molar-refractivity contribution is 0.569. The van der Waals surface area contributed by atoms with Crippen molar-refractivity contribution < 1.29 is 0 Å². The van der Waals surface area contributed by atoms with E-state index >= 15 is 0 Å². The fraction of sp³-hybridized carbons (Fsp3) is 0.254. The van der Waals surface area contributed by atoms with Crippen LogP contribution in [0.5, 0.6) is 0 Å². The minimum atomic E-state index is -0.0610. The molecule has 0 amide bonds. The second-order valence-electron chi connectivity index (χ2n) is 23.0. The van der Waals surface area contributed by atoms with Crippen molar-refractivity contribution in [1.29, 1.82) is 0 Å². The molecule has 2 aliphatic carbocycles. The number of fused-ring (bicyclic) bond motifs is 4. The first-order valence-electron chi connectivity index (χ1n) is 24.8. The van der Waals surface area contributed by atoms with Crippen LogP contribution in [-0.4, -0.2) is 0 Å². The van der Waals surface area contributed by atoms with Gasteiger partial charge in [0.2, 0.25) is 0 Å². The maximum atomic E-state index is 2.53. The fourth-order valence-electron chi connectivity index (χ4n) is 10.8. The minimum Gasteiger partial charge on any atom is -0.309 e. The Morgan fingerprint density at radius 1 is 0.397 bits per heavy atom. The van der Waals surface area contributed by atoms with Crippen LogP contribution in [0, 0.1) is 0 Å². The van der Waals surface area contributed by atoms with E-state index in [4.69, 9.17) is 0 Å². The van der Waals surface area contributed by atoms with Gasteiger partial charge in [-0.2, -0.15) is 0 Å². The number of benzene rings is 8. The Morgan fingerprint density at radius 3 is 1.57 bits per heavy atom. The minimum absolute atomic E-state index is 0.00954. The van der Waals surface area contributed by atoms with E-state index in [0.717, 1.165) is 24.2 Å². The molecule has 10 rings (SSSR count). The van der Waals surface area contributed by atoms with Crippen molar-refractivity contribution in [2.24, 2.45) is 0 Å². The molecule has 0 bridgehead atoms. The molecule has 340 valence electrons. The lowest BCUT2D eigenvalue weighted by atomic mass is 9.78. The summed E-state index contributed by atoms with van der Waals surface area (Å²) in [5.41, 5.74) is 23.1. The van der Waals surface area contributed by atoms with Crippen molar-refractivity contribution in [3.8, 4) is 44.5 Å². The molecule has 1 heteroatoms. The Balaban J connectivity index is 1.17. The van der Waals surface area contributed by atoms with Gasteiger partial charge in [0.05, 0.1) is 11.4 Å². The second kappa shape index (κ2) is 16.8. The molecule has 0 saturated heterocycles. The van der Waals surface area contributed by atoms with Gasteiger partial charge in [-0.3, -0.25) is 0 Å². The topological polar surface area (TPSA) is 3.24 Å². The van der Waals surface area contributed by atoms with Gasteiger partial charge in [0, 0.05) is 22.2 Å². The molecule has 0 heterocycles. The standard InChI is InChI=1S/C67H67N/c1-64(2,3)49-35-30-45(31-36-49)53-22-13-16-28-61(53)68(52-37-32-44(33-38-52)47-34-39-56-55-23-12-15-27-59(55)67(10,11)60(56)42-47)62-29-17-14-24-57(62)58-26-19-21-46-20-18-25-54(63(46)58)48-40-50(65(4,5)6)43-51(41-48)66(7,8)9/h12-18,20-25,27-43H,19,26H2,1-11H3. The number of anilines is 3. The molecule has 1 nitrogen and oxygen atoms in total. The van der Waals surface area contributed by atoms with Crippen molar-refractivity contribution in [1.82, 2.24) is 0 Å². The quantitative estimate of drug-likeness (QED) is 0.154. The van der Waals surface area contributed by atoms with Crippen molar-refractivity contribution in [3.63, 3.8) is 0 Å². The summed E-state index contributed by atoms with van der Waals surface area (Å²) < 4.78 is 0. The molecule has 8 aromatic carbocycles. The molecule has 2 aliphatic rings. The molecule has 0 unspecified atom stereocenters. The highest BCUT2D eigenvalue weighted by Gasteiger charge is 2.35. The zero-order valence-electron chi connectivity index (χ0n) is 42.2. The molecule has 0 aromatic heterocycles. The summed E-state index contributed by atoms with van der Waals surface area (Å²) in [5, 5.41) is 2.66. The van der Waals surface area contributed by atoms with Gasteiger partial charge >= 0.3 is 0 Å². The number of hydrogen-bond acceptors (Lipinski definition) is 1. The van der Waals surface area contributed by atoms with Crippen molar-refractivity contribution in [3.05, 3.63) is 220 Å². The molecule has 0 N–H and O–H groups in total. The van der Waals surface area contributed by atoms with E-state index in [1.807, 2.05) is 0 Å². The van der Waals surface area contributed by atoms with Crippen LogP contribution in [0.1, 0.15) is 122 Å². The smallest absolute Gasteiger partial charge is 0.0540 e. The number of para-hydroxylation sites is 2. The van der Waals surface area contributed by atoms with Crippen LogP contribution in [-0.2, 0) is 21.7 Å². The van der Waals surface area contributed by atoms with Crippen LogP contribution >= 0.6 is 0 Å². The fourth-order valence-corrected chi connectivity index (χ4v) is 10.8. The van der Waals surface area contributed by atoms with Crippen molar-refractivity contribution in [2.75, 3.05) is 4.90 Å². The predicted octanol–water partition coefficient (Wildman–Crippen LogP) is 17.1. The Kier molecular flexibility index (Phi) is 11.2. The average molecular weight is 886 g/mol. The molecule has 0 radical (unpaired) electrons. The van der Waals surface area contributed by atoms with E-state index in [1.165, 1.54) is 99.6 Å². The van der Waals surface area contributed by atoms with Crippen LogP contribution in [0.15, 0.2) is 176 Å². The summed E-state index contributed by atoms with van der Waals surface area (Å²) in [6.07, 6.45) is 4.39. The Labute approximate surface area is 406 Å². The zero-order chi connectivity index (χ0) is 47.8. The SMILES string of the molecule is CC(C)(C)c1ccc(-c2ccccc2N(c2ccc(-c3ccc4c(c3)C(C)(C)c3ccccc3-4)cc2)c2ccccc2C2=c3c(-c4cc(C(C)(C)C)cc(C(C)(C)C)c4)cccc3=CCC2)cc1. The van der Waals surface area contributed by atoms with Crippen LogP contribution in [0.25, 0.3) is 56.2 Å². The third kappa shape index (κ3) is 8.15. The first kappa shape index (κ1) is 45.1. The lowest BCUT2D eigenvalue weighted by Gasteiger charge is -2.31. The van der Waals surface area contributed by atoms with Crippen LogP contribution < -0.4 is 15.3 Å². The van der Waals surface area contributed by atoms with Crippen molar-refractivity contribution >= 4 is 28.7 Å². The normalized spacial score (nSPS) is 14.2. The molecule has 0 atom stereocenters.